The van der Waals surface area contributed by atoms with Gasteiger partial charge in [-0.25, -0.2) is 4.98 Å². The Morgan fingerprint density at radius 1 is 0.957 bits per heavy atom. The zero-order chi connectivity index (χ0) is 16.2. The normalized spacial score (nSPS) is 11.0. The van der Waals surface area contributed by atoms with Crippen LogP contribution in [0.4, 0.5) is 0 Å². The van der Waals surface area contributed by atoms with E-state index < -0.39 is 0 Å². The Morgan fingerprint density at radius 3 is 2.22 bits per heavy atom. The molecule has 0 aliphatic carbocycles. The van der Waals surface area contributed by atoms with Crippen molar-refractivity contribution in [2.24, 2.45) is 0 Å². The van der Waals surface area contributed by atoms with E-state index in [1.807, 2.05) is 66.7 Å². The highest BCUT2D eigenvalue weighted by molar-refractivity contribution is 6.30. The summed E-state index contributed by atoms with van der Waals surface area (Å²) in [5.74, 6) is 0. The molecule has 0 bridgehead atoms. The van der Waals surface area contributed by atoms with E-state index in [1.54, 1.807) is 17.6 Å². The fraction of sp³-hybridized carbons (Fsp3) is 0.0526. The van der Waals surface area contributed by atoms with Gasteiger partial charge in [-0.15, -0.1) is 0 Å². The summed E-state index contributed by atoms with van der Waals surface area (Å²) >= 11 is 6.22. The molecule has 4 heteroatoms. The number of hydrogen-bond donors (Lipinski definition) is 0. The van der Waals surface area contributed by atoms with Crippen molar-refractivity contribution in [1.82, 2.24) is 9.55 Å². The van der Waals surface area contributed by atoms with E-state index in [9.17, 15) is 4.79 Å². The molecule has 0 radical (unpaired) electrons. The molecule has 1 aromatic heterocycles. The van der Waals surface area contributed by atoms with Gasteiger partial charge in [-0.2, -0.15) is 0 Å². The molecule has 0 amide bonds. The van der Waals surface area contributed by atoms with Gasteiger partial charge in [0.1, 0.15) is 10.8 Å². The van der Waals surface area contributed by atoms with Gasteiger partial charge in [0.2, 0.25) is 0 Å². The number of para-hydroxylation sites is 1. The lowest BCUT2D eigenvalue weighted by molar-refractivity contribution is 0.897. The van der Waals surface area contributed by atoms with Crippen LogP contribution in [0.3, 0.4) is 0 Å². The van der Waals surface area contributed by atoms with Gasteiger partial charge in [-0.05, 0) is 30.7 Å². The molecule has 3 nitrogen and oxygen atoms in total. The summed E-state index contributed by atoms with van der Waals surface area (Å²) < 4.78 is 1.58. The number of aromatic nitrogens is 2. The molecule has 3 aromatic rings. The maximum Gasteiger partial charge on any atom is 0.281 e. The maximum atomic E-state index is 12.8. The Morgan fingerprint density at radius 2 is 1.57 bits per heavy atom. The van der Waals surface area contributed by atoms with Gasteiger partial charge in [-0.1, -0.05) is 66.2 Å². The summed E-state index contributed by atoms with van der Waals surface area (Å²) in [7, 11) is 0. The summed E-state index contributed by atoms with van der Waals surface area (Å²) in [6.45, 7) is 1.79. The molecular formula is C19H15ClN2O. The lowest BCUT2D eigenvalue weighted by atomic mass is 10.2. The van der Waals surface area contributed by atoms with Gasteiger partial charge in [0.25, 0.3) is 5.56 Å². The van der Waals surface area contributed by atoms with Crippen molar-refractivity contribution >= 4 is 23.8 Å². The molecule has 0 saturated heterocycles. The molecule has 114 valence electrons. The predicted molar refractivity (Wildman–Crippen MR) is 95.0 cm³/mol. The third-order valence-corrected chi connectivity index (χ3v) is 3.88. The zero-order valence-corrected chi connectivity index (χ0v) is 13.4. The standard InChI is InChI=1S/C19H15ClN2O/c1-14-18(20)21-17(13-12-15-8-4-2-5-9-15)19(23)22(14)16-10-6-3-7-11-16/h2-13H,1H3/b13-12+. The highest BCUT2D eigenvalue weighted by Gasteiger charge is 2.12. The fourth-order valence-corrected chi connectivity index (χ4v) is 2.51. The van der Waals surface area contributed by atoms with Crippen LogP contribution >= 0.6 is 11.6 Å². The van der Waals surface area contributed by atoms with Crippen molar-refractivity contribution in [1.29, 1.82) is 0 Å². The molecule has 0 atom stereocenters. The quantitative estimate of drug-likeness (QED) is 0.718. The fourth-order valence-electron chi connectivity index (χ4n) is 2.33. The molecule has 0 spiro atoms. The van der Waals surface area contributed by atoms with Gasteiger partial charge in [0.15, 0.2) is 0 Å². The predicted octanol–water partition coefficient (Wildman–Crippen LogP) is 4.36. The van der Waals surface area contributed by atoms with E-state index in [-0.39, 0.29) is 5.56 Å². The monoisotopic (exact) mass is 322 g/mol. The van der Waals surface area contributed by atoms with Crippen LogP contribution < -0.4 is 5.56 Å². The number of rotatable bonds is 3. The van der Waals surface area contributed by atoms with Crippen LogP contribution in [0.15, 0.2) is 65.5 Å². The number of halogens is 1. The van der Waals surface area contributed by atoms with Crippen molar-refractivity contribution in [2.45, 2.75) is 6.92 Å². The maximum absolute atomic E-state index is 12.8. The lowest BCUT2D eigenvalue weighted by Gasteiger charge is -2.11. The average Bonchev–Trinajstić information content (AvgIpc) is 2.59. The second-order valence-electron chi connectivity index (χ2n) is 5.09. The molecule has 0 aliphatic heterocycles. The van der Waals surface area contributed by atoms with Crippen LogP contribution in [-0.2, 0) is 0 Å². The van der Waals surface area contributed by atoms with E-state index in [1.165, 1.54) is 0 Å². The van der Waals surface area contributed by atoms with E-state index >= 15 is 0 Å². The smallest absolute Gasteiger partial charge is 0.277 e. The Kier molecular flexibility index (Phi) is 4.40. The molecule has 1 heterocycles. The minimum Gasteiger partial charge on any atom is -0.277 e. The lowest BCUT2D eigenvalue weighted by Crippen LogP contribution is -2.24. The molecule has 0 saturated carbocycles. The van der Waals surface area contributed by atoms with Gasteiger partial charge in [0.05, 0.1) is 5.69 Å². The van der Waals surface area contributed by atoms with Gasteiger partial charge >= 0.3 is 0 Å². The van der Waals surface area contributed by atoms with E-state index in [0.717, 1.165) is 11.3 Å². The van der Waals surface area contributed by atoms with E-state index in [2.05, 4.69) is 4.98 Å². The Hall–Kier alpha value is -2.65. The van der Waals surface area contributed by atoms with Crippen LogP contribution in [-0.4, -0.2) is 9.55 Å². The molecule has 2 aromatic carbocycles. The van der Waals surface area contributed by atoms with Crippen LogP contribution in [0, 0.1) is 6.92 Å². The third-order valence-electron chi connectivity index (χ3n) is 3.52. The van der Waals surface area contributed by atoms with Gasteiger partial charge in [0, 0.05) is 5.69 Å². The highest BCUT2D eigenvalue weighted by Crippen LogP contribution is 2.16. The van der Waals surface area contributed by atoms with E-state index in [0.29, 0.717) is 16.5 Å². The minimum absolute atomic E-state index is 0.190. The highest BCUT2D eigenvalue weighted by atomic mass is 35.5. The molecule has 23 heavy (non-hydrogen) atoms. The second-order valence-corrected chi connectivity index (χ2v) is 5.45. The summed E-state index contributed by atoms with van der Waals surface area (Å²) in [4.78, 5) is 17.0. The summed E-state index contributed by atoms with van der Waals surface area (Å²) in [6, 6.07) is 19.2. The van der Waals surface area contributed by atoms with Gasteiger partial charge < -0.3 is 0 Å². The third kappa shape index (κ3) is 3.25. The molecule has 0 aliphatic rings. The SMILES string of the molecule is Cc1c(Cl)nc(/C=C/c2ccccc2)c(=O)n1-c1ccccc1. The molecule has 0 unspecified atom stereocenters. The first kappa shape index (κ1) is 15.3. The number of benzene rings is 2. The zero-order valence-electron chi connectivity index (χ0n) is 12.6. The minimum atomic E-state index is -0.190. The van der Waals surface area contributed by atoms with Crippen molar-refractivity contribution in [3.8, 4) is 5.69 Å². The first-order valence-corrected chi connectivity index (χ1v) is 7.62. The number of hydrogen-bond acceptors (Lipinski definition) is 2. The molecule has 0 fully saturated rings. The van der Waals surface area contributed by atoms with Crippen LogP contribution in [0.2, 0.25) is 5.15 Å². The van der Waals surface area contributed by atoms with Crippen molar-refractivity contribution < 1.29 is 0 Å². The number of nitrogens with zero attached hydrogens (tertiary/aromatic N) is 2. The molecular weight excluding hydrogens is 308 g/mol. The second kappa shape index (κ2) is 6.63. The van der Waals surface area contributed by atoms with Crippen LogP contribution in [0.5, 0.6) is 0 Å². The first-order chi connectivity index (χ1) is 11.2. The van der Waals surface area contributed by atoms with Crippen molar-refractivity contribution in [2.75, 3.05) is 0 Å². The summed E-state index contributed by atoms with van der Waals surface area (Å²) in [6.07, 6.45) is 3.55. The van der Waals surface area contributed by atoms with Gasteiger partial charge in [-0.3, -0.25) is 9.36 Å². The Balaban J connectivity index is 2.11. The Bertz CT molecular complexity index is 900. The molecule has 0 N–H and O–H groups in total. The molecule has 3 rings (SSSR count). The van der Waals surface area contributed by atoms with Crippen LogP contribution in [0.25, 0.3) is 17.8 Å². The largest absolute Gasteiger partial charge is 0.281 e. The topological polar surface area (TPSA) is 34.9 Å². The Labute approximate surface area is 139 Å². The summed E-state index contributed by atoms with van der Waals surface area (Å²) in [5.41, 5.74) is 2.52. The van der Waals surface area contributed by atoms with Crippen molar-refractivity contribution in [3.63, 3.8) is 0 Å². The van der Waals surface area contributed by atoms with E-state index in [4.69, 9.17) is 11.6 Å². The van der Waals surface area contributed by atoms with Crippen LogP contribution in [0.1, 0.15) is 17.0 Å². The average molecular weight is 323 g/mol. The first-order valence-electron chi connectivity index (χ1n) is 7.24. The summed E-state index contributed by atoms with van der Waals surface area (Å²) in [5, 5.41) is 0.321. The van der Waals surface area contributed by atoms with Crippen molar-refractivity contribution in [3.05, 3.63) is 93.1 Å².